The van der Waals surface area contributed by atoms with Crippen molar-refractivity contribution in [2.45, 2.75) is 36.1 Å². The number of hydrogen-bond acceptors (Lipinski definition) is 6. The molecule has 10 heteroatoms. The van der Waals surface area contributed by atoms with Gasteiger partial charge in [-0.1, -0.05) is 24.8 Å². The topological polar surface area (TPSA) is 106 Å². The van der Waals surface area contributed by atoms with Crippen molar-refractivity contribution in [2.75, 3.05) is 6.54 Å². The molecular weight excluding hydrogens is 344 g/mol. The second kappa shape index (κ2) is 6.13. The first-order valence-corrected chi connectivity index (χ1v) is 10.1. The summed E-state index contributed by atoms with van der Waals surface area (Å²) >= 11 is 0.862. The van der Waals surface area contributed by atoms with Crippen molar-refractivity contribution in [1.82, 2.24) is 5.32 Å². The molecule has 0 bridgehead atoms. The van der Waals surface area contributed by atoms with E-state index < -0.39 is 29.7 Å². The minimum absolute atomic E-state index is 0. The summed E-state index contributed by atoms with van der Waals surface area (Å²) in [6.45, 7) is 4.32. The first kappa shape index (κ1) is 18.2. The highest BCUT2D eigenvalue weighted by atomic mass is 35.5. The Labute approximate surface area is 130 Å². The van der Waals surface area contributed by atoms with Gasteiger partial charge in [0.15, 0.2) is 9.84 Å². The molecule has 2 aliphatic heterocycles. The molecule has 4 atom stereocenters. The second-order valence-corrected chi connectivity index (χ2v) is 10.7. The van der Waals surface area contributed by atoms with Crippen LogP contribution in [0.2, 0.25) is 0 Å². The molecule has 1 saturated heterocycles. The lowest BCUT2D eigenvalue weighted by atomic mass is 9.96. The molecule has 0 saturated carbocycles. The molecule has 2 rings (SSSR count). The monoisotopic (exact) mass is 362 g/mol. The average molecular weight is 363 g/mol. The van der Waals surface area contributed by atoms with E-state index >= 15 is 0 Å². The van der Waals surface area contributed by atoms with Gasteiger partial charge in [0.2, 0.25) is 10.0 Å². The van der Waals surface area contributed by atoms with Gasteiger partial charge >= 0.3 is 0 Å². The highest BCUT2D eigenvalue weighted by molar-refractivity contribution is 8.24. The van der Waals surface area contributed by atoms with Crippen LogP contribution in [0.3, 0.4) is 0 Å². The number of nitrogens with two attached hydrogens (primary N) is 1. The van der Waals surface area contributed by atoms with Gasteiger partial charge in [-0.05, 0) is 19.9 Å². The van der Waals surface area contributed by atoms with E-state index in [1.165, 1.54) is 6.08 Å². The van der Waals surface area contributed by atoms with E-state index in [1.807, 2.05) is 6.92 Å². The number of sulfone groups is 1. The van der Waals surface area contributed by atoms with Crippen LogP contribution in [0.25, 0.3) is 0 Å². The Hall–Kier alpha value is 0.200. The third kappa shape index (κ3) is 3.17. The molecule has 2 unspecified atom stereocenters. The summed E-state index contributed by atoms with van der Waals surface area (Å²) in [4.78, 5) is 0. The first-order valence-electron chi connectivity index (χ1n) is 6.05. The Balaban J connectivity index is 0.00000200. The molecule has 6 nitrogen and oxygen atoms in total. The van der Waals surface area contributed by atoms with E-state index in [-0.39, 0.29) is 28.6 Å². The van der Waals surface area contributed by atoms with Crippen molar-refractivity contribution < 1.29 is 16.8 Å². The normalized spacial score (nSPS) is 35.9. The number of rotatable bonds is 3. The molecule has 3 N–H and O–H groups in total. The fraction of sp³-hybridized carbons (Fsp3) is 0.800. The van der Waals surface area contributed by atoms with Gasteiger partial charge in [-0.2, -0.15) is 0 Å². The summed E-state index contributed by atoms with van der Waals surface area (Å²) in [5.41, 5.74) is 0. The second-order valence-electron chi connectivity index (χ2n) is 4.89. The minimum Gasteiger partial charge on any atom is -0.314 e. The summed E-state index contributed by atoms with van der Waals surface area (Å²) in [7, 11) is -7.17. The van der Waals surface area contributed by atoms with Crippen LogP contribution in [0.4, 0.5) is 0 Å². The maximum atomic E-state index is 12.3. The third-order valence-corrected chi connectivity index (χ3v) is 9.52. The summed E-state index contributed by atoms with van der Waals surface area (Å²) < 4.78 is 46.6. The van der Waals surface area contributed by atoms with Gasteiger partial charge in [-0.15, -0.1) is 12.4 Å². The lowest BCUT2D eigenvalue weighted by Gasteiger charge is -2.36. The maximum absolute atomic E-state index is 12.3. The first-order chi connectivity index (χ1) is 8.67. The quantitative estimate of drug-likeness (QED) is 0.753. The Morgan fingerprint density at radius 2 is 2.10 bits per heavy atom. The molecule has 118 valence electrons. The molecule has 0 aromatic rings. The smallest absolute Gasteiger partial charge is 0.243 e. The standard InChI is InChI=1S/C10H18N2O4S3.ClH/c1-3-12-8-4-6(2)18(13,14)10-7(8)5-9(17-10)19(11,15)16;/h5-8,10,12H,3-4H2,1-2H3,(H2,11,15,16);1H/t6-,7?,8-,10?;/m0./s1. The Morgan fingerprint density at radius 3 is 2.60 bits per heavy atom. The number of nitrogens with one attached hydrogen (secondary N) is 1. The van der Waals surface area contributed by atoms with Gasteiger partial charge in [-0.3, -0.25) is 0 Å². The Bertz CT molecular complexity index is 602. The Morgan fingerprint density at radius 1 is 1.50 bits per heavy atom. The molecule has 2 aliphatic rings. The van der Waals surface area contributed by atoms with Gasteiger partial charge in [0.25, 0.3) is 0 Å². The third-order valence-electron chi connectivity index (χ3n) is 3.56. The van der Waals surface area contributed by atoms with Crippen LogP contribution in [0, 0.1) is 5.92 Å². The van der Waals surface area contributed by atoms with Crippen LogP contribution in [0.1, 0.15) is 20.3 Å². The predicted octanol–water partition coefficient (Wildman–Crippen LogP) is 0.412. The molecule has 2 heterocycles. The zero-order chi connectivity index (χ0) is 14.4. The SMILES string of the molecule is CCN[C@H]1C[C@H](C)S(=O)(=O)C2SC(S(N)(=O)=O)=CC21.Cl. The number of hydrogen-bond donors (Lipinski definition) is 2. The van der Waals surface area contributed by atoms with Crippen LogP contribution < -0.4 is 10.5 Å². The number of primary sulfonamides is 1. The molecule has 20 heavy (non-hydrogen) atoms. The Kier molecular flexibility index (Phi) is 5.60. The largest absolute Gasteiger partial charge is 0.314 e. The predicted molar refractivity (Wildman–Crippen MR) is 83.8 cm³/mol. The van der Waals surface area contributed by atoms with E-state index in [4.69, 9.17) is 5.14 Å². The minimum atomic E-state index is -3.83. The van der Waals surface area contributed by atoms with Crippen molar-refractivity contribution in [1.29, 1.82) is 0 Å². The molecule has 0 amide bonds. The number of fused-ring (bicyclic) bond motifs is 1. The number of halogens is 1. The number of sulfonamides is 1. The summed E-state index contributed by atoms with van der Waals surface area (Å²) in [5.74, 6) is -0.334. The van der Waals surface area contributed by atoms with E-state index in [9.17, 15) is 16.8 Å². The molecule has 0 aromatic carbocycles. The van der Waals surface area contributed by atoms with E-state index in [2.05, 4.69) is 5.32 Å². The zero-order valence-corrected chi connectivity index (χ0v) is 14.4. The lowest BCUT2D eigenvalue weighted by Crippen LogP contribution is -2.50. The van der Waals surface area contributed by atoms with Crippen molar-refractivity contribution in [3.05, 3.63) is 10.3 Å². The van der Waals surface area contributed by atoms with Crippen LogP contribution in [0.5, 0.6) is 0 Å². The van der Waals surface area contributed by atoms with Crippen molar-refractivity contribution >= 4 is 44.0 Å². The van der Waals surface area contributed by atoms with Crippen molar-refractivity contribution in [2.24, 2.45) is 11.1 Å². The van der Waals surface area contributed by atoms with Crippen LogP contribution >= 0.6 is 24.2 Å². The van der Waals surface area contributed by atoms with Gasteiger partial charge < -0.3 is 5.32 Å². The molecule has 1 fully saturated rings. The number of thioether (sulfide) groups is 1. The summed E-state index contributed by atoms with van der Waals surface area (Å²) in [6.07, 6.45) is 1.99. The van der Waals surface area contributed by atoms with Gasteiger partial charge in [0.05, 0.1) is 5.25 Å². The summed E-state index contributed by atoms with van der Waals surface area (Å²) in [5, 5.41) is 7.87. The fourth-order valence-electron chi connectivity index (χ4n) is 2.58. The fourth-order valence-corrected chi connectivity index (χ4v) is 7.90. The van der Waals surface area contributed by atoms with E-state index in [0.717, 1.165) is 11.8 Å². The molecule has 0 radical (unpaired) electrons. The highest BCUT2D eigenvalue weighted by Crippen LogP contribution is 2.47. The van der Waals surface area contributed by atoms with E-state index in [1.54, 1.807) is 6.92 Å². The molecular formula is C10H19ClN2O4S3. The molecule has 0 spiro atoms. The van der Waals surface area contributed by atoms with Crippen LogP contribution in [0.15, 0.2) is 10.3 Å². The summed E-state index contributed by atoms with van der Waals surface area (Å²) in [6, 6.07) is -0.0275. The van der Waals surface area contributed by atoms with Gasteiger partial charge in [0.1, 0.15) is 8.82 Å². The van der Waals surface area contributed by atoms with Gasteiger partial charge in [0, 0.05) is 12.0 Å². The highest BCUT2D eigenvalue weighted by Gasteiger charge is 2.50. The average Bonchev–Trinajstić information content (AvgIpc) is 2.72. The van der Waals surface area contributed by atoms with E-state index in [0.29, 0.717) is 13.0 Å². The molecule has 0 aromatic heterocycles. The van der Waals surface area contributed by atoms with Crippen LogP contribution in [-0.4, -0.2) is 39.3 Å². The lowest BCUT2D eigenvalue weighted by molar-refractivity contribution is 0.380. The van der Waals surface area contributed by atoms with Crippen LogP contribution in [-0.2, 0) is 19.9 Å². The maximum Gasteiger partial charge on any atom is 0.243 e. The van der Waals surface area contributed by atoms with Crippen molar-refractivity contribution in [3.63, 3.8) is 0 Å². The van der Waals surface area contributed by atoms with Crippen molar-refractivity contribution in [3.8, 4) is 0 Å². The molecule has 0 aliphatic carbocycles. The zero-order valence-electron chi connectivity index (χ0n) is 11.1. The van der Waals surface area contributed by atoms with Gasteiger partial charge in [-0.25, -0.2) is 22.0 Å².